The predicted octanol–water partition coefficient (Wildman–Crippen LogP) is 1.10. The standard InChI is InChI=1S/C7H11N3O2S/c1-6(13-4-2-3-8)10-7(11)12-5-9/h2,4-5,9H2,1H3. The summed E-state index contributed by atoms with van der Waals surface area (Å²) in [5.41, 5.74) is 4.96. The molecule has 0 radical (unpaired) electrons. The molecule has 0 aliphatic heterocycles. The third kappa shape index (κ3) is 7.31. The topological polar surface area (TPSA) is 88.5 Å². The molecule has 1 amide bonds. The monoisotopic (exact) mass is 201 g/mol. The third-order valence-electron chi connectivity index (χ3n) is 0.980. The number of ether oxygens (including phenoxy) is 1. The number of nitrogens with zero attached hydrogens (tertiary/aromatic N) is 2. The molecule has 0 atom stereocenters. The van der Waals surface area contributed by atoms with Crippen molar-refractivity contribution in [3.63, 3.8) is 0 Å². The number of nitriles is 1. The number of hydrogen-bond donors (Lipinski definition) is 1. The van der Waals surface area contributed by atoms with Crippen LogP contribution in [0.2, 0.25) is 0 Å². The summed E-state index contributed by atoms with van der Waals surface area (Å²) < 4.78 is 4.39. The van der Waals surface area contributed by atoms with Crippen LogP contribution in [-0.2, 0) is 4.74 Å². The summed E-state index contributed by atoms with van der Waals surface area (Å²) in [7, 11) is 0. The second-order valence-electron chi connectivity index (χ2n) is 1.96. The highest BCUT2D eigenvalue weighted by Gasteiger charge is 1.99. The van der Waals surface area contributed by atoms with Crippen LogP contribution in [0.15, 0.2) is 4.99 Å². The summed E-state index contributed by atoms with van der Waals surface area (Å²) in [6, 6.07) is 1.99. The summed E-state index contributed by atoms with van der Waals surface area (Å²) in [5.74, 6) is 0.627. The van der Waals surface area contributed by atoms with Crippen molar-refractivity contribution in [1.29, 1.82) is 5.26 Å². The maximum absolute atomic E-state index is 10.7. The molecule has 0 saturated carbocycles. The maximum Gasteiger partial charge on any atom is 0.435 e. The zero-order valence-electron chi connectivity index (χ0n) is 7.32. The first kappa shape index (κ1) is 11.9. The van der Waals surface area contributed by atoms with Gasteiger partial charge in [0.25, 0.3) is 0 Å². The Bertz CT molecular complexity index is 234. The average molecular weight is 201 g/mol. The molecule has 0 aliphatic rings. The molecule has 0 aromatic rings. The van der Waals surface area contributed by atoms with Crippen molar-refractivity contribution in [3.05, 3.63) is 0 Å². The first-order chi connectivity index (χ1) is 6.20. The van der Waals surface area contributed by atoms with E-state index < -0.39 is 6.09 Å². The molecule has 0 unspecified atom stereocenters. The van der Waals surface area contributed by atoms with E-state index in [0.29, 0.717) is 17.2 Å². The molecule has 0 heterocycles. The molecular weight excluding hydrogens is 190 g/mol. The average Bonchev–Trinajstić information content (AvgIpc) is 2.05. The second kappa shape index (κ2) is 7.58. The molecule has 13 heavy (non-hydrogen) atoms. The van der Waals surface area contributed by atoms with Crippen LogP contribution in [0.3, 0.4) is 0 Å². The lowest BCUT2D eigenvalue weighted by Crippen LogP contribution is -2.09. The summed E-state index contributed by atoms with van der Waals surface area (Å²) in [6.07, 6.45) is -0.256. The highest BCUT2D eigenvalue weighted by Crippen LogP contribution is 2.05. The van der Waals surface area contributed by atoms with Crippen LogP contribution in [0.4, 0.5) is 4.79 Å². The zero-order chi connectivity index (χ0) is 10.1. The van der Waals surface area contributed by atoms with Gasteiger partial charge in [-0.1, -0.05) is 0 Å². The van der Waals surface area contributed by atoms with Crippen LogP contribution < -0.4 is 5.73 Å². The van der Waals surface area contributed by atoms with Gasteiger partial charge in [-0.3, -0.25) is 5.73 Å². The van der Waals surface area contributed by atoms with Gasteiger partial charge in [0.15, 0.2) is 0 Å². The number of nitrogens with two attached hydrogens (primary N) is 1. The fourth-order valence-corrected chi connectivity index (χ4v) is 1.14. The molecule has 0 saturated heterocycles. The highest BCUT2D eigenvalue weighted by molar-refractivity contribution is 8.13. The number of amides is 1. The van der Waals surface area contributed by atoms with Crippen LogP contribution in [0.25, 0.3) is 0 Å². The number of rotatable bonds is 3. The van der Waals surface area contributed by atoms with Gasteiger partial charge in [0, 0.05) is 12.2 Å². The number of aliphatic imine (C=N–C) groups is 1. The Kier molecular flexibility index (Phi) is 6.96. The van der Waals surface area contributed by atoms with Crippen LogP contribution in [0, 0.1) is 11.3 Å². The molecule has 2 N–H and O–H groups in total. The molecule has 0 spiro atoms. The number of hydrogen-bond acceptors (Lipinski definition) is 5. The normalized spacial score (nSPS) is 10.7. The van der Waals surface area contributed by atoms with Gasteiger partial charge in [-0.2, -0.15) is 10.3 Å². The van der Waals surface area contributed by atoms with Crippen molar-refractivity contribution in [2.45, 2.75) is 13.3 Å². The van der Waals surface area contributed by atoms with Gasteiger partial charge in [0.1, 0.15) is 6.73 Å². The molecular formula is C7H11N3O2S. The van der Waals surface area contributed by atoms with Crippen LogP contribution >= 0.6 is 11.8 Å². The van der Waals surface area contributed by atoms with Crippen molar-refractivity contribution >= 4 is 22.9 Å². The molecule has 0 aromatic carbocycles. The van der Waals surface area contributed by atoms with E-state index in [1.165, 1.54) is 11.8 Å². The second-order valence-corrected chi connectivity index (χ2v) is 3.25. The minimum Gasteiger partial charge on any atom is -0.432 e. The molecule has 0 aromatic heterocycles. The SMILES string of the molecule is CC(=NC(=O)OCN)SCCC#N. The summed E-state index contributed by atoms with van der Waals surface area (Å²) >= 11 is 1.34. The van der Waals surface area contributed by atoms with Gasteiger partial charge in [0.2, 0.25) is 0 Å². The summed E-state index contributed by atoms with van der Waals surface area (Å²) in [6.45, 7) is 1.51. The zero-order valence-corrected chi connectivity index (χ0v) is 8.13. The van der Waals surface area contributed by atoms with E-state index in [9.17, 15) is 4.79 Å². The van der Waals surface area contributed by atoms with Gasteiger partial charge < -0.3 is 4.74 Å². The lowest BCUT2D eigenvalue weighted by Gasteiger charge is -1.97. The Morgan fingerprint density at radius 1 is 1.77 bits per heavy atom. The van der Waals surface area contributed by atoms with Crippen LogP contribution in [0.5, 0.6) is 0 Å². The molecule has 0 bridgehead atoms. The third-order valence-corrected chi connectivity index (χ3v) is 1.90. The fourth-order valence-electron chi connectivity index (χ4n) is 0.509. The molecule has 0 fully saturated rings. The molecule has 5 nitrogen and oxygen atoms in total. The Morgan fingerprint density at radius 2 is 2.46 bits per heavy atom. The quantitative estimate of drug-likeness (QED) is 0.320. The lowest BCUT2D eigenvalue weighted by molar-refractivity contribution is 0.160. The highest BCUT2D eigenvalue weighted by atomic mass is 32.2. The maximum atomic E-state index is 10.7. The molecule has 72 valence electrons. The first-order valence-electron chi connectivity index (χ1n) is 3.62. The van der Waals surface area contributed by atoms with Crippen molar-refractivity contribution in [3.8, 4) is 6.07 Å². The Hall–Kier alpha value is -1.06. The van der Waals surface area contributed by atoms with Gasteiger partial charge in [0.05, 0.1) is 11.1 Å². The van der Waals surface area contributed by atoms with E-state index >= 15 is 0 Å². The van der Waals surface area contributed by atoms with Crippen molar-refractivity contribution in [2.24, 2.45) is 10.7 Å². The van der Waals surface area contributed by atoms with E-state index in [2.05, 4.69) is 9.73 Å². The van der Waals surface area contributed by atoms with E-state index in [1.807, 2.05) is 6.07 Å². The number of carbonyl (C=O) groups excluding carboxylic acids is 1. The Labute approximate surface area is 81.0 Å². The Balaban J connectivity index is 3.75. The van der Waals surface area contributed by atoms with E-state index in [4.69, 9.17) is 11.0 Å². The number of thioether (sulfide) groups is 1. The van der Waals surface area contributed by atoms with Gasteiger partial charge in [-0.25, -0.2) is 4.79 Å². The molecule has 6 heteroatoms. The Morgan fingerprint density at radius 3 is 3.00 bits per heavy atom. The van der Waals surface area contributed by atoms with Crippen LogP contribution in [-0.4, -0.2) is 23.6 Å². The van der Waals surface area contributed by atoms with Crippen molar-refractivity contribution in [1.82, 2.24) is 0 Å². The number of carbonyl (C=O) groups is 1. The van der Waals surface area contributed by atoms with Gasteiger partial charge in [-0.05, 0) is 6.92 Å². The van der Waals surface area contributed by atoms with Crippen molar-refractivity contribution < 1.29 is 9.53 Å². The first-order valence-corrected chi connectivity index (χ1v) is 4.61. The summed E-state index contributed by atoms with van der Waals surface area (Å²) in [5, 5.41) is 8.81. The van der Waals surface area contributed by atoms with Gasteiger partial charge >= 0.3 is 6.09 Å². The molecule has 0 rings (SSSR count). The van der Waals surface area contributed by atoms with E-state index in [-0.39, 0.29) is 6.73 Å². The van der Waals surface area contributed by atoms with E-state index in [1.54, 1.807) is 6.92 Å². The summed E-state index contributed by atoms with van der Waals surface area (Å²) in [4.78, 5) is 14.3. The smallest absolute Gasteiger partial charge is 0.432 e. The lowest BCUT2D eigenvalue weighted by atomic mass is 10.6. The minimum atomic E-state index is -0.690. The largest absolute Gasteiger partial charge is 0.435 e. The van der Waals surface area contributed by atoms with Gasteiger partial charge in [-0.15, -0.1) is 11.8 Å². The molecule has 0 aliphatic carbocycles. The van der Waals surface area contributed by atoms with E-state index in [0.717, 1.165) is 0 Å². The van der Waals surface area contributed by atoms with Crippen LogP contribution in [0.1, 0.15) is 13.3 Å². The predicted molar refractivity (Wildman–Crippen MR) is 51.3 cm³/mol. The van der Waals surface area contributed by atoms with Crippen molar-refractivity contribution in [2.75, 3.05) is 12.5 Å². The fraction of sp³-hybridized carbons (Fsp3) is 0.571. The minimum absolute atomic E-state index is 0.168.